The molecule has 2 N–H and O–H groups in total. The molecule has 0 aliphatic carbocycles. The Balaban J connectivity index is 1.73. The molecule has 2 amide bonds. The number of aryl methyl sites for hydroxylation is 2. The van der Waals surface area contributed by atoms with Crippen LogP contribution in [-0.4, -0.2) is 36.9 Å². The van der Waals surface area contributed by atoms with Gasteiger partial charge >= 0.3 is 6.03 Å². The van der Waals surface area contributed by atoms with E-state index in [1.54, 1.807) is 18.2 Å². The van der Waals surface area contributed by atoms with Gasteiger partial charge in [0.05, 0.1) is 17.1 Å². The van der Waals surface area contributed by atoms with Crippen molar-refractivity contribution in [1.82, 2.24) is 9.97 Å². The Bertz CT molecular complexity index is 768. The molecule has 1 aromatic carbocycles. The van der Waals surface area contributed by atoms with Crippen LogP contribution in [0.5, 0.6) is 11.5 Å². The summed E-state index contributed by atoms with van der Waals surface area (Å²) in [6, 6.07) is 4.84. The van der Waals surface area contributed by atoms with Gasteiger partial charge in [0.25, 0.3) is 0 Å². The fraction of sp³-hybridized carbons (Fsp3) is 0.312. The molecule has 8 heteroatoms. The summed E-state index contributed by atoms with van der Waals surface area (Å²) >= 11 is 0. The van der Waals surface area contributed by atoms with Gasteiger partial charge in [0.2, 0.25) is 12.7 Å². The van der Waals surface area contributed by atoms with E-state index < -0.39 is 0 Å². The van der Waals surface area contributed by atoms with Crippen LogP contribution in [0.1, 0.15) is 11.4 Å². The molecule has 0 bridgehead atoms. The number of nitrogens with zero attached hydrogens (tertiary/aromatic N) is 3. The summed E-state index contributed by atoms with van der Waals surface area (Å²) in [5.41, 5.74) is 2.61. The number of ether oxygens (including phenoxy) is 2. The number of hydrogen-bond donors (Lipinski definition) is 2. The number of aromatic nitrogens is 2. The minimum absolute atomic E-state index is 0.193. The molecule has 2 heterocycles. The highest BCUT2D eigenvalue weighted by Gasteiger charge is 2.16. The molecule has 1 aliphatic heterocycles. The number of amides is 2. The van der Waals surface area contributed by atoms with Gasteiger partial charge in [0.1, 0.15) is 0 Å². The minimum atomic E-state index is -0.374. The monoisotopic (exact) mass is 329 g/mol. The third-order valence-corrected chi connectivity index (χ3v) is 3.53. The normalized spacial score (nSPS) is 12.0. The highest BCUT2D eigenvalue weighted by molar-refractivity contribution is 6.00. The second-order valence-corrected chi connectivity index (χ2v) is 5.61. The van der Waals surface area contributed by atoms with Crippen LogP contribution < -0.4 is 25.0 Å². The van der Waals surface area contributed by atoms with Crippen LogP contribution >= 0.6 is 0 Å². The number of nitrogens with one attached hydrogen (secondary N) is 2. The summed E-state index contributed by atoms with van der Waals surface area (Å²) in [6.07, 6.45) is 0. The van der Waals surface area contributed by atoms with Crippen molar-refractivity contribution < 1.29 is 14.3 Å². The number of benzene rings is 1. The molecule has 24 heavy (non-hydrogen) atoms. The lowest BCUT2D eigenvalue weighted by Crippen LogP contribution is -2.22. The van der Waals surface area contributed by atoms with Crippen molar-refractivity contribution in [2.75, 3.05) is 36.4 Å². The SMILES string of the molecule is Cc1nc(N(C)C)nc(C)c1NC(=O)Nc1ccc2c(c1)OCO2. The van der Waals surface area contributed by atoms with Gasteiger partial charge in [-0.3, -0.25) is 0 Å². The third-order valence-electron chi connectivity index (χ3n) is 3.53. The van der Waals surface area contributed by atoms with E-state index in [1.807, 2.05) is 32.8 Å². The number of urea groups is 1. The third kappa shape index (κ3) is 3.17. The maximum atomic E-state index is 12.2. The maximum Gasteiger partial charge on any atom is 0.323 e. The zero-order valence-electron chi connectivity index (χ0n) is 14.0. The molecule has 0 atom stereocenters. The smallest absolute Gasteiger partial charge is 0.323 e. The molecule has 0 radical (unpaired) electrons. The van der Waals surface area contributed by atoms with Gasteiger partial charge in [0, 0.05) is 25.8 Å². The molecule has 0 unspecified atom stereocenters. The molecule has 2 aromatic rings. The molecule has 8 nitrogen and oxygen atoms in total. The Labute approximate surface area is 139 Å². The Hall–Kier alpha value is -3.03. The molecule has 0 saturated carbocycles. The lowest BCUT2D eigenvalue weighted by molar-refractivity contribution is 0.174. The van der Waals surface area contributed by atoms with E-state index >= 15 is 0 Å². The zero-order valence-corrected chi connectivity index (χ0v) is 14.0. The average molecular weight is 329 g/mol. The van der Waals surface area contributed by atoms with Crippen LogP contribution in [0.2, 0.25) is 0 Å². The van der Waals surface area contributed by atoms with E-state index in [9.17, 15) is 4.79 Å². The summed E-state index contributed by atoms with van der Waals surface area (Å²) in [4.78, 5) is 22.8. The van der Waals surface area contributed by atoms with Gasteiger partial charge in [-0.25, -0.2) is 14.8 Å². The zero-order chi connectivity index (χ0) is 17.3. The lowest BCUT2D eigenvalue weighted by Gasteiger charge is -2.16. The first-order valence-electron chi connectivity index (χ1n) is 7.44. The highest BCUT2D eigenvalue weighted by atomic mass is 16.7. The van der Waals surface area contributed by atoms with Crippen LogP contribution in [0.4, 0.5) is 22.1 Å². The standard InChI is InChI=1S/C16H19N5O3/c1-9-14(10(2)18-15(17-9)21(3)4)20-16(22)19-11-5-6-12-13(7-11)24-8-23-12/h5-7H,8H2,1-4H3,(H2,19,20,22). The van der Waals surface area contributed by atoms with Crippen molar-refractivity contribution in [3.8, 4) is 11.5 Å². The van der Waals surface area contributed by atoms with E-state index in [-0.39, 0.29) is 12.8 Å². The average Bonchev–Trinajstić information content (AvgIpc) is 2.98. The largest absolute Gasteiger partial charge is 0.454 e. The summed E-state index contributed by atoms with van der Waals surface area (Å²) in [5.74, 6) is 1.88. The summed E-state index contributed by atoms with van der Waals surface area (Å²) in [7, 11) is 3.74. The second-order valence-electron chi connectivity index (χ2n) is 5.61. The number of anilines is 3. The maximum absolute atomic E-state index is 12.2. The first kappa shape index (κ1) is 15.9. The fourth-order valence-electron chi connectivity index (χ4n) is 2.33. The van der Waals surface area contributed by atoms with Crippen LogP contribution in [0.25, 0.3) is 0 Å². The van der Waals surface area contributed by atoms with Gasteiger partial charge in [-0.15, -0.1) is 0 Å². The molecular formula is C16H19N5O3. The molecule has 0 fully saturated rings. The molecule has 3 rings (SSSR count). The fourth-order valence-corrected chi connectivity index (χ4v) is 2.33. The number of carbonyl (C=O) groups excluding carboxylic acids is 1. The van der Waals surface area contributed by atoms with E-state index in [1.165, 1.54) is 0 Å². The Morgan fingerprint density at radius 2 is 1.75 bits per heavy atom. The van der Waals surface area contributed by atoms with E-state index in [4.69, 9.17) is 9.47 Å². The second kappa shape index (κ2) is 6.23. The summed E-state index contributed by atoms with van der Waals surface area (Å²) in [6.45, 7) is 3.86. The highest BCUT2D eigenvalue weighted by Crippen LogP contribution is 2.34. The number of fused-ring (bicyclic) bond motifs is 1. The Kier molecular flexibility index (Phi) is 4.11. The molecule has 1 aromatic heterocycles. The first-order chi connectivity index (χ1) is 11.4. The van der Waals surface area contributed by atoms with Crippen molar-refractivity contribution in [1.29, 1.82) is 0 Å². The predicted molar refractivity (Wildman–Crippen MR) is 91.0 cm³/mol. The van der Waals surface area contributed by atoms with Gasteiger partial charge in [-0.05, 0) is 26.0 Å². The van der Waals surface area contributed by atoms with Crippen LogP contribution in [0.3, 0.4) is 0 Å². The van der Waals surface area contributed by atoms with Gasteiger partial charge in [0.15, 0.2) is 11.5 Å². The van der Waals surface area contributed by atoms with Gasteiger partial charge in [-0.1, -0.05) is 0 Å². The van der Waals surface area contributed by atoms with Gasteiger partial charge < -0.3 is 25.0 Å². The van der Waals surface area contributed by atoms with Crippen molar-refractivity contribution in [2.45, 2.75) is 13.8 Å². The van der Waals surface area contributed by atoms with Gasteiger partial charge in [-0.2, -0.15) is 0 Å². The predicted octanol–water partition coefficient (Wildman–Crippen LogP) is 2.53. The van der Waals surface area contributed by atoms with Crippen LogP contribution in [-0.2, 0) is 0 Å². The molecular weight excluding hydrogens is 310 g/mol. The van der Waals surface area contributed by atoms with Crippen LogP contribution in [0.15, 0.2) is 18.2 Å². The molecule has 126 valence electrons. The number of hydrogen-bond acceptors (Lipinski definition) is 6. The van der Waals surface area contributed by atoms with Crippen molar-refractivity contribution >= 4 is 23.4 Å². The van der Waals surface area contributed by atoms with Crippen LogP contribution in [0, 0.1) is 13.8 Å². The van der Waals surface area contributed by atoms with Crippen molar-refractivity contribution in [3.05, 3.63) is 29.6 Å². The lowest BCUT2D eigenvalue weighted by atomic mass is 10.2. The topological polar surface area (TPSA) is 88.6 Å². The number of rotatable bonds is 3. The molecule has 1 aliphatic rings. The minimum Gasteiger partial charge on any atom is -0.454 e. The Morgan fingerprint density at radius 1 is 1.08 bits per heavy atom. The van der Waals surface area contributed by atoms with Crippen molar-refractivity contribution in [2.24, 2.45) is 0 Å². The molecule has 0 saturated heterocycles. The summed E-state index contributed by atoms with van der Waals surface area (Å²) < 4.78 is 10.5. The van der Waals surface area contributed by atoms with E-state index in [0.29, 0.717) is 40.2 Å². The number of carbonyl (C=O) groups is 1. The quantitative estimate of drug-likeness (QED) is 0.899. The molecule has 0 spiro atoms. The van der Waals surface area contributed by atoms with E-state index in [2.05, 4.69) is 20.6 Å². The summed E-state index contributed by atoms with van der Waals surface area (Å²) in [5, 5.41) is 5.56. The first-order valence-corrected chi connectivity index (χ1v) is 7.44. The Morgan fingerprint density at radius 3 is 2.42 bits per heavy atom. The van der Waals surface area contributed by atoms with E-state index in [0.717, 1.165) is 0 Å². The van der Waals surface area contributed by atoms with Crippen molar-refractivity contribution in [3.63, 3.8) is 0 Å².